The Morgan fingerprint density at radius 3 is 2.58 bits per heavy atom. The smallest absolute Gasteiger partial charge is 0.220 e. The van der Waals surface area contributed by atoms with Crippen LogP contribution < -0.4 is 10.6 Å². The first-order valence-corrected chi connectivity index (χ1v) is 10.8. The Bertz CT molecular complexity index is 1070. The summed E-state index contributed by atoms with van der Waals surface area (Å²) in [5.41, 5.74) is 1.78. The maximum Gasteiger partial charge on any atom is 0.220 e. The Morgan fingerprint density at radius 1 is 1.03 bits per heavy atom. The van der Waals surface area contributed by atoms with E-state index in [4.69, 9.17) is 0 Å². The highest BCUT2D eigenvalue weighted by Crippen LogP contribution is 2.32. The molecule has 0 bridgehead atoms. The minimum atomic E-state index is -0.393. The van der Waals surface area contributed by atoms with Crippen molar-refractivity contribution in [2.75, 3.05) is 6.54 Å². The fourth-order valence-corrected chi connectivity index (χ4v) is 4.43. The molecule has 2 N–H and O–H groups in total. The standard InChI is InChI=1S/C26H27FN2O2/c27-22-10-8-19(9-11-22)14-17-28-24(30)12-15-26(16-13-25(31)29-26)18-21-6-3-5-20-4-1-2-7-23(20)21/h1-11H,12-18H2,(H,28,30)(H,29,31). The molecule has 1 aliphatic heterocycles. The maximum absolute atomic E-state index is 13.0. The van der Waals surface area contributed by atoms with Crippen LogP contribution in [0.2, 0.25) is 0 Å². The van der Waals surface area contributed by atoms with Crippen LogP contribution in [-0.2, 0) is 22.4 Å². The second kappa shape index (κ2) is 9.29. The van der Waals surface area contributed by atoms with E-state index in [0.717, 1.165) is 12.0 Å². The van der Waals surface area contributed by atoms with Crippen LogP contribution in [0.25, 0.3) is 10.8 Å². The first-order chi connectivity index (χ1) is 15.0. The summed E-state index contributed by atoms with van der Waals surface area (Å²) in [6.45, 7) is 0.507. The van der Waals surface area contributed by atoms with Crippen molar-refractivity contribution in [3.8, 4) is 0 Å². The lowest BCUT2D eigenvalue weighted by Gasteiger charge is -2.30. The number of fused-ring (bicyclic) bond motifs is 1. The van der Waals surface area contributed by atoms with Crippen molar-refractivity contribution in [2.24, 2.45) is 0 Å². The zero-order chi connectivity index (χ0) is 21.7. The van der Waals surface area contributed by atoms with Gasteiger partial charge in [-0.3, -0.25) is 9.59 Å². The van der Waals surface area contributed by atoms with Gasteiger partial charge in [-0.1, -0.05) is 54.6 Å². The molecule has 1 heterocycles. The molecule has 31 heavy (non-hydrogen) atoms. The van der Waals surface area contributed by atoms with Gasteiger partial charge in [-0.05, 0) is 59.7 Å². The zero-order valence-corrected chi connectivity index (χ0v) is 17.5. The fraction of sp³-hybridized carbons (Fsp3) is 0.308. The Morgan fingerprint density at radius 2 is 1.81 bits per heavy atom. The summed E-state index contributed by atoms with van der Waals surface area (Å²) in [6, 6.07) is 20.8. The van der Waals surface area contributed by atoms with Crippen LogP contribution >= 0.6 is 0 Å². The van der Waals surface area contributed by atoms with Crippen molar-refractivity contribution in [1.29, 1.82) is 0 Å². The maximum atomic E-state index is 13.0. The van der Waals surface area contributed by atoms with E-state index in [1.54, 1.807) is 12.1 Å². The number of rotatable bonds is 8. The van der Waals surface area contributed by atoms with E-state index in [-0.39, 0.29) is 17.6 Å². The van der Waals surface area contributed by atoms with Crippen molar-refractivity contribution in [1.82, 2.24) is 10.6 Å². The third kappa shape index (κ3) is 5.29. The summed E-state index contributed by atoms with van der Waals surface area (Å²) < 4.78 is 13.0. The minimum absolute atomic E-state index is 0.0273. The van der Waals surface area contributed by atoms with Gasteiger partial charge in [0.05, 0.1) is 0 Å². The van der Waals surface area contributed by atoms with Crippen LogP contribution in [0, 0.1) is 5.82 Å². The molecule has 1 atom stereocenters. The van der Waals surface area contributed by atoms with Crippen LogP contribution in [0.5, 0.6) is 0 Å². The summed E-state index contributed by atoms with van der Waals surface area (Å²) >= 11 is 0. The number of benzene rings is 3. The molecule has 160 valence electrons. The van der Waals surface area contributed by atoms with Crippen LogP contribution in [0.3, 0.4) is 0 Å². The SMILES string of the molecule is O=C(CCC1(Cc2cccc3ccccc23)CCC(=O)N1)NCCc1ccc(F)cc1. The molecule has 4 nitrogen and oxygen atoms in total. The molecule has 2 amide bonds. The molecular weight excluding hydrogens is 391 g/mol. The highest BCUT2D eigenvalue weighted by molar-refractivity contribution is 5.86. The number of carbonyl (C=O) groups excluding carboxylic acids is 2. The Balaban J connectivity index is 1.37. The average molecular weight is 419 g/mol. The summed E-state index contributed by atoms with van der Waals surface area (Å²) in [7, 11) is 0. The van der Waals surface area contributed by atoms with E-state index in [1.807, 2.05) is 18.2 Å². The minimum Gasteiger partial charge on any atom is -0.356 e. The van der Waals surface area contributed by atoms with Gasteiger partial charge in [0, 0.05) is 24.9 Å². The van der Waals surface area contributed by atoms with Crippen molar-refractivity contribution in [3.63, 3.8) is 0 Å². The molecule has 3 aromatic carbocycles. The molecular formula is C26H27FN2O2. The lowest BCUT2D eigenvalue weighted by atomic mass is 9.83. The predicted octanol–water partition coefficient (Wildman–Crippen LogP) is 4.31. The molecule has 5 heteroatoms. The lowest BCUT2D eigenvalue weighted by molar-refractivity contribution is -0.122. The van der Waals surface area contributed by atoms with E-state index in [0.29, 0.717) is 38.6 Å². The molecule has 0 aliphatic carbocycles. The van der Waals surface area contributed by atoms with Crippen LogP contribution in [0.4, 0.5) is 4.39 Å². The van der Waals surface area contributed by atoms with Gasteiger partial charge in [-0.25, -0.2) is 4.39 Å². The first-order valence-electron chi connectivity index (χ1n) is 10.8. The van der Waals surface area contributed by atoms with E-state index in [1.165, 1.54) is 28.5 Å². The van der Waals surface area contributed by atoms with Crippen molar-refractivity contribution in [2.45, 2.75) is 44.1 Å². The molecule has 1 saturated heterocycles. The largest absolute Gasteiger partial charge is 0.356 e. The molecule has 4 rings (SSSR count). The molecule has 0 spiro atoms. The summed E-state index contributed by atoms with van der Waals surface area (Å²) in [6.07, 6.45) is 3.56. The Hall–Kier alpha value is -3.21. The van der Waals surface area contributed by atoms with Gasteiger partial charge in [-0.2, -0.15) is 0 Å². The van der Waals surface area contributed by atoms with E-state index in [9.17, 15) is 14.0 Å². The molecule has 0 saturated carbocycles. The second-order valence-corrected chi connectivity index (χ2v) is 8.37. The van der Waals surface area contributed by atoms with E-state index >= 15 is 0 Å². The molecule has 0 aromatic heterocycles. The van der Waals surface area contributed by atoms with Crippen LogP contribution in [0.15, 0.2) is 66.7 Å². The van der Waals surface area contributed by atoms with Gasteiger partial charge < -0.3 is 10.6 Å². The molecule has 1 aliphatic rings. The van der Waals surface area contributed by atoms with Gasteiger partial charge in [-0.15, -0.1) is 0 Å². The number of amides is 2. The van der Waals surface area contributed by atoms with Crippen molar-refractivity contribution < 1.29 is 14.0 Å². The fourth-order valence-electron chi connectivity index (χ4n) is 4.43. The van der Waals surface area contributed by atoms with Gasteiger partial charge >= 0.3 is 0 Å². The van der Waals surface area contributed by atoms with Crippen molar-refractivity contribution >= 4 is 22.6 Å². The number of hydrogen-bond acceptors (Lipinski definition) is 2. The van der Waals surface area contributed by atoms with Crippen LogP contribution in [0.1, 0.15) is 36.8 Å². The normalized spacial score (nSPS) is 18.2. The van der Waals surface area contributed by atoms with Gasteiger partial charge in [0.1, 0.15) is 5.82 Å². The van der Waals surface area contributed by atoms with Crippen molar-refractivity contribution in [3.05, 3.63) is 83.7 Å². The third-order valence-corrected chi connectivity index (χ3v) is 6.12. The summed E-state index contributed by atoms with van der Waals surface area (Å²) in [5.74, 6) is -0.236. The topological polar surface area (TPSA) is 58.2 Å². The van der Waals surface area contributed by atoms with E-state index < -0.39 is 5.54 Å². The average Bonchev–Trinajstić information content (AvgIpc) is 3.15. The Kier molecular flexibility index (Phi) is 6.31. The number of halogens is 1. The molecule has 1 fully saturated rings. The lowest BCUT2D eigenvalue weighted by Crippen LogP contribution is -2.44. The highest BCUT2D eigenvalue weighted by atomic mass is 19.1. The number of nitrogens with one attached hydrogen (secondary N) is 2. The Labute approximate surface area is 181 Å². The third-order valence-electron chi connectivity index (χ3n) is 6.12. The predicted molar refractivity (Wildman–Crippen MR) is 120 cm³/mol. The van der Waals surface area contributed by atoms with Gasteiger partial charge in [0.15, 0.2) is 0 Å². The number of hydrogen-bond donors (Lipinski definition) is 2. The van der Waals surface area contributed by atoms with E-state index in [2.05, 4.69) is 34.9 Å². The first kappa shape index (κ1) is 21.0. The second-order valence-electron chi connectivity index (χ2n) is 8.37. The van der Waals surface area contributed by atoms with Gasteiger partial charge in [0.2, 0.25) is 11.8 Å². The molecule has 0 radical (unpaired) electrons. The summed E-state index contributed by atoms with van der Waals surface area (Å²) in [5, 5.41) is 8.48. The summed E-state index contributed by atoms with van der Waals surface area (Å²) in [4.78, 5) is 24.5. The molecule has 3 aromatic rings. The monoisotopic (exact) mass is 418 g/mol. The quantitative estimate of drug-likeness (QED) is 0.573. The van der Waals surface area contributed by atoms with Gasteiger partial charge in [0.25, 0.3) is 0 Å². The zero-order valence-electron chi connectivity index (χ0n) is 17.5. The van der Waals surface area contributed by atoms with Crippen LogP contribution in [-0.4, -0.2) is 23.9 Å². The molecule has 1 unspecified atom stereocenters. The highest BCUT2D eigenvalue weighted by Gasteiger charge is 2.38. The number of carbonyl (C=O) groups is 2.